The first-order valence-corrected chi connectivity index (χ1v) is 5.77. The Balaban J connectivity index is 2.56. The quantitative estimate of drug-likeness (QED) is 0.865. The Kier molecular flexibility index (Phi) is 4.71. The van der Waals surface area contributed by atoms with E-state index in [0.717, 1.165) is 0 Å². The van der Waals surface area contributed by atoms with Gasteiger partial charge in [-0.3, -0.25) is 4.79 Å². The van der Waals surface area contributed by atoms with E-state index in [9.17, 15) is 22.8 Å². The number of aliphatic carboxylic acids is 1. The monoisotopic (exact) mass is 281 g/mol. The highest BCUT2D eigenvalue weighted by Crippen LogP contribution is 2.21. The summed E-state index contributed by atoms with van der Waals surface area (Å²) in [7, 11) is 0. The maximum absolute atomic E-state index is 12.1. The van der Waals surface area contributed by atoms with Gasteiger partial charge in [0.05, 0.1) is 12.8 Å². The van der Waals surface area contributed by atoms with E-state index < -0.39 is 30.5 Å². The van der Waals surface area contributed by atoms with Gasteiger partial charge in [0.25, 0.3) is 0 Å². The Morgan fingerprint density at radius 3 is 2.56 bits per heavy atom. The van der Waals surface area contributed by atoms with Crippen LogP contribution in [0.1, 0.15) is 11.3 Å². The van der Waals surface area contributed by atoms with Gasteiger partial charge in [-0.2, -0.15) is 13.2 Å². The Labute approximate surface area is 104 Å². The number of hydrogen-bond donors (Lipinski definition) is 2. The molecule has 0 spiro atoms. The fourth-order valence-corrected chi connectivity index (χ4v) is 1.95. The van der Waals surface area contributed by atoms with Crippen LogP contribution in [0.15, 0.2) is 17.5 Å². The molecule has 1 rings (SSSR count). The summed E-state index contributed by atoms with van der Waals surface area (Å²) in [4.78, 5) is 22.6. The van der Waals surface area contributed by atoms with E-state index in [-0.39, 0.29) is 6.42 Å². The molecule has 0 fully saturated rings. The van der Waals surface area contributed by atoms with Crippen LogP contribution in [0.2, 0.25) is 0 Å². The number of thiophene rings is 1. The number of halogens is 3. The molecule has 18 heavy (non-hydrogen) atoms. The number of alkyl halides is 3. The highest BCUT2D eigenvalue weighted by Gasteiger charge is 2.36. The lowest BCUT2D eigenvalue weighted by Crippen LogP contribution is -2.44. The van der Waals surface area contributed by atoms with Crippen LogP contribution in [0.4, 0.5) is 13.2 Å². The zero-order chi connectivity index (χ0) is 13.8. The third-order valence-electron chi connectivity index (χ3n) is 1.98. The van der Waals surface area contributed by atoms with Crippen molar-refractivity contribution >= 4 is 23.2 Å². The van der Waals surface area contributed by atoms with Crippen LogP contribution >= 0.6 is 11.3 Å². The summed E-state index contributed by atoms with van der Waals surface area (Å²) in [5.74, 6) is -2.44. The van der Waals surface area contributed by atoms with Gasteiger partial charge in [0.1, 0.15) is 6.04 Å². The zero-order valence-corrected chi connectivity index (χ0v) is 9.85. The normalized spacial score (nSPS) is 13.1. The standard InChI is InChI=1S/C10H10F3NO3S/c11-10(12,13)5-7(9(16)17)14-8(15)4-6-2-1-3-18-6/h1-3,7H,4-5H2,(H,14,15)(H,16,17). The first kappa shape index (κ1) is 14.5. The summed E-state index contributed by atoms with van der Waals surface area (Å²) in [6.45, 7) is 0. The summed E-state index contributed by atoms with van der Waals surface area (Å²) in [6.07, 6.45) is -6.35. The maximum atomic E-state index is 12.1. The third-order valence-corrected chi connectivity index (χ3v) is 2.86. The molecule has 0 saturated heterocycles. The molecule has 1 aromatic rings. The first-order valence-electron chi connectivity index (χ1n) is 4.89. The smallest absolute Gasteiger partial charge is 0.391 e. The zero-order valence-electron chi connectivity index (χ0n) is 9.03. The molecule has 2 N–H and O–H groups in total. The van der Waals surface area contributed by atoms with Crippen molar-refractivity contribution in [3.05, 3.63) is 22.4 Å². The number of carboxylic acid groups (broad SMARTS) is 1. The molecule has 0 aliphatic carbocycles. The second kappa shape index (κ2) is 5.85. The Bertz CT molecular complexity index is 417. The lowest BCUT2D eigenvalue weighted by molar-refractivity contribution is -0.159. The molecule has 1 aromatic heterocycles. The second-order valence-corrected chi connectivity index (χ2v) is 4.57. The van der Waals surface area contributed by atoms with Crippen molar-refractivity contribution < 1.29 is 27.9 Å². The molecule has 100 valence electrons. The van der Waals surface area contributed by atoms with Crippen LogP contribution in [-0.4, -0.2) is 29.2 Å². The SMILES string of the molecule is O=C(Cc1cccs1)NC(CC(F)(F)F)C(=O)O. The summed E-state index contributed by atoms with van der Waals surface area (Å²) < 4.78 is 36.2. The van der Waals surface area contributed by atoms with E-state index in [0.29, 0.717) is 4.88 Å². The molecule has 0 aliphatic heterocycles. The van der Waals surface area contributed by atoms with E-state index in [1.165, 1.54) is 11.3 Å². The minimum atomic E-state index is -4.64. The first-order chi connectivity index (χ1) is 8.28. The number of amides is 1. The van der Waals surface area contributed by atoms with E-state index in [4.69, 9.17) is 5.11 Å². The Morgan fingerprint density at radius 1 is 1.44 bits per heavy atom. The number of nitrogens with one attached hydrogen (secondary N) is 1. The summed E-state index contributed by atoms with van der Waals surface area (Å²) in [5.41, 5.74) is 0. The lowest BCUT2D eigenvalue weighted by Gasteiger charge is -2.15. The van der Waals surface area contributed by atoms with Crippen LogP contribution in [-0.2, 0) is 16.0 Å². The molecule has 1 atom stereocenters. The third kappa shape index (κ3) is 5.17. The lowest BCUT2D eigenvalue weighted by atomic mass is 10.2. The van der Waals surface area contributed by atoms with E-state index in [1.54, 1.807) is 17.5 Å². The van der Waals surface area contributed by atoms with Crippen LogP contribution in [0.25, 0.3) is 0 Å². The van der Waals surface area contributed by atoms with Gasteiger partial charge in [-0.25, -0.2) is 4.79 Å². The van der Waals surface area contributed by atoms with Gasteiger partial charge < -0.3 is 10.4 Å². The highest BCUT2D eigenvalue weighted by molar-refractivity contribution is 7.10. The largest absolute Gasteiger partial charge is 0.480 e. The molecule has 0 bridgehead atoms. The van der Waals surface area contributed by atoms with Crippen molar-refractivity contribution in [2.75, 3.05) is 0 Å². The molecule has 4 nitrogen and oxygen atoms in total. The van der Waals surface area contributed by atoms with Crippen molar-refractivity contribution in [1.82, 2.24) is 5.32 Å². The number of carbonyl (C=O) groups is 2. The minimum absolute atomic E-state index is 0.126. The minimum Gasteiger partial charge on any atom is -0.480 e. The molecule has 0 aliphatic rings. The molecule has 0 radical (unpaired) electrons. The molecular weight excluding hydrogens is 271 g/mol. The molecule has 1 amide bonds. The maximum Gasteiger partial charge on any atom is 0.391 e. The van der Waals surface area contributed by atoms with Gasteiger partial charge in [-0.1, -0.05) is 6.07 Å². The average Bonchev–Trinajstić information content (AvgIpc) is 2.66. The molecule has 8 heteroatoms. The van der Waals surface area contributed by atoms with Crippen LogP contribution in [0, 0.1) is 0 Å². The van der Waals surface area contributed by atoms with Crippen LogP contribution in [0.3, 0.4) is 0 Å². The number of carbonyl (C=O) groups excluding carboxylic acids is 1. The van der Waals surface area contributed by atoms with Gasteiger partial charge in [0.15, 0.2) is 0 Å². The molecule has 0 saturated carbocycles. The Hall–Kier alpha value is -1.57. The fraction of sp³-hybridized carbons (Fsp3) is 0.400. The molecule has 1 unspecified atom stereocenters. The average molecular weight is 281 g/mol. The fourth-order valence-electron chi connectivity index (χ4n) is 1.25. The highest BCUT2D eigenvalue weighted by atomic mass is 32.1. The van der Waals surface area contributed by atoms with E-state index in [2.05, 4.69) is 0 Å². The Morgan fingerprint density at radius 2 is 2.11 bits per heavy atom. The number of hydrogen-bond acceptors (Lipinski definition) is 3. The van der Waals surface area contributed by atoms with Gasteiger partial charge in [-0.15, -0.1) is 11.3 Å². The number of rotatable bonds is 5. The van der Waals surface area contributed by atoms with E-state index in [1.807, 2.05) is 5.32 Å². The molecule has 0 aromatic carbocycles. The molecule has 1 heterocycles. The van der Waals surface area contributed by atoms with Gasteiger partial charge in [0, 0.05) is 4.88 Å². The summed E-state index contributed by atoms with van der Waals surface area (Å²) in [6, 6.07) is 1.39. The van der Waals surface area contributed by atoms with Crippen LogP contribution in [0.5, 0.6) is 0 Å². The van der Waals surface area contributed by atoms with Crippen molar-refractivity contribution in [1.29, 1.82) is 0 Å². The van der Waals surface area contributed by atoms with Crippen molar-refractivity contribution in [2.24, 2.45) is 0 Å². The van der Waals surface area contributed by atoms with Crippen molar-refractivity contribution in [3.8, 4) is 0 Å². The van der Waals surface area contributed by atoms with Crippen LogP contribution < -0.4 is 5.32 Å². The molecular formula is C10H10F3NO3S. The van der Waals surface area contributed by atoms with Gasteiger partial charge in [0.2, 0.25) is 5.91 Å². The number of carboxylic acids is 1. The second-order valence-electron chi connectivity index (χ2n) is 3.53. The summed E-state index contributed by atoms with van der Waals surface area (Å²) in [5, 5.41) is 12.2. The van der Waals surface area contributed by atoms with Gasteiger partial charge in [-0.05, 0) is 11.4 Å². The van der Waals surface area contributed by atoms with E-state index >= 15 is 0 Å². The summed E-state index contributed by atoms with van der Waals surface area (Å²) >= 11 is 1.27. The predicted octanol–water partition coefficient (Wildman–Crippen LogP) is 1.81. The van der Waals surface area contributed by atoms with Crippen molar-refractivity contribution in [3.63, 3.8) is 0 Å². The van der Waals surface area contributed by atoms with Gasteiger partial charge >= 0.3 is 12.1 Å². The van der Waals surface area contributed by atoms with Crippen molar-refractivity contribution in [2.45, 2.75) is 25.1 Å². The predicted molar refractivity (Wildman–Crippen MR) is 58.3 cm³/mol. The topological polar surface area (TPSA) is 66.4 Å².